The number of nitrogens with two attached hydrogens (primary N) is 1. The van der Waals surface area contributed by atoms with E-state index in [0.717, 1.165) is 6.42 Å². The normalized spacial score (nSPS) is 16.0. The summed E-state index contributed by atoms with van der Waals surface area (Å²) in [5, 5.41) is 2.17. The molecule has 0 aliphatic heterocycles. The molecule has 0 aromatic carbocycles. The van der Waals surface area contributed by atoms with Crippen LogP contribution in [0.4, 0.5) is 0 Å². The fourth-order valence-corrected chi connectivity index (χ4v) is 2.50. The zero-order chi connectivity index (χ0) is 9.14. The Morgan fingerprint density at radius 2 is 2.33 bits per heavy atom. The molecule has 0 aliphatic rings. The van der Waals surface area contributed by atoms with E-state index >= 15 is 0 Å². The summed E-state index contributed by atoms with van der Waals surface area (Å²) in [5.41, 5.74) is 7.36. The SMILES string of the molecule is CCC(C)C(N)c1csc(I)c1. The zero-order valence-electron chi connectivity index (χ0n) is 7.38. The molecule has 0 amide bonds. The first kappa shape index (κ1) is 10.5. The Morgan fingerprint density at radius 3 is 2.75 bits per heavy atom. The quantitative estimate of drug-likeness (QED) is 0.850. The fourth-order valence-electron chi connectivity index (χ4n) is 1.08. The Balaban J connectivity index is 2.70. The van der Waals surface area contributed by atoms with E-state index in [1.165, 1.54) is 8.45 Å². The molecule has 68 valence electrons. The second-order valence-corrected chi connectivity index (χ2v) is 5.90. The van der Waals surface area contributed by atoms with Gasteiger partial charge in [0.15, 0.2) is 0 Å². The topological polar surface area (TPSA) is 26.0 Å². The van der Waals surface area contributed by atoms with Crippen molar-refractivity contribution in [1.29, 1.82) is 0 Å². The van der Waals surface area contributed by atoms with E-state index in [-0.39, 0.29) is 6.04 Å². The Kier molecular flexibility index (Phi) is 3.99. The predicted molar refractivity (Wildman–Crippen MR) is 63.4 cm³/mol. The van der Waals surface area contributed by atoms with Crippen molar-refractivity contribution in [3.05, 3.63) is 19.9 Å². The van der Waals surface area contributed by atoms with Gasteiger partial charge in [-0.2, -0.15) is 0 Å². The minimum atomic E-state index is 0.217. The smallest absolute Gasteiger partial charge is 0.0656 e. The minimum Gasteiger partial charge on any atom is -0.324 e. The van der Waals surface area contributed by atoms with Crippen molar-refractivity contribution in [1.82, 2.24) is 0 Å². The van der Waals surface area contributed by atoms with E-state index in [0.29, 0.717) is 5.92 Å². The van der Waals surface area contributed by atoms with Crippen molar-refractivity contribution in [2.24, 2.45) is 11.7 Å². The van der Waals surface area contributed by atoms with E-state index in [1.54, 1.807) is 11.3 Å². The monoisotopic (exact) mass is 295 g/mol. The van der Waals surface area contributed by atoms with Crippen LogP contribution < -0.4 is 5.73 Å². The third-order valence-electron chi connectivity index (χ3n) is 2.23. The highest BCUT2D eigenvalue weighted by atomic mass is 127. The largest absolute Gasteiger partial charge is 0.324 e. The molecule has 1 rings (SSSR count). The molecule has 1 aromatic rings. The lowest BCUT2D eigenvalue weighted by Gasteiger charge is -2.16. The highest BCUT2D eigenvalue weighted by Crippen LogP contribution is 2.26. The molecule has 0 radical (unpaired) electrons. The van der Waals surface area contributed by atoms with Gasteiger partial charge in [0.2, 0.25) is 0 Å². The van der Waals surface area contributed by atoms with Gasteiger partial charge < -0.3 is 5.73 Å². The molecule has 2 atom stereocenters. The van der Waals surface area contributed by atoms with E-state index in [9.17, 15) is 0 Å². The van der Waals surface area contributed by atoms with Crippen LogP contribution in [0.15, 0.2) is 11.4 Å². The van der Waals surface area contributed by atoms with E-state index < -0.39 is 0 Å². The third kappa shape index (κ3) is 2.44. The summed E-state index contributed by atoms with van der Waals surface area (Å²) in [6.45, 7) is 4.39. The fraction of sp³-hybridized carbons (Fsp3) is 0.556. The lowest BCUT2D eigenvalue weighted by Crippen LogP contribution is -2.17. The first-order valence-electron chi connectivity index (χ1n) is 4.14. The molecule has 0 fully saturated rings. The molecule has 1 nitrogen and oxygen atoms in total. The number of thiophene rings is 1. The highest BCUT2D eigenvalue weighted by molar-refractivity contribution is 14.1. The van der Waals surface area contributed by atoms with Gasteiger partial charge in [-0.05, 0) is 45.5 Å². The minimum absolute atomic E-state index is 0.217. The molecule has 0 saturated heterocycles. The predicted octanol–water partition coefficient (Wildman–Crippen LogP) is 3.40. The summed E-state index contributed by atoms with van der Waals surface area (Å²) in [6, 6.07) is 2.40. The number of halogens is 1. The van der Waals surface area contributed by atoms with Crippen molar-refractivity contribution in [2.75, 3.05) is 0 Å². The van der Waals surface area contributed by atoms with Gasteiger partial charge in [-0.3, -0.25) is 0 Å². The first-order chi connectivity index (χ1) is 5.65. The van der Waals surface area contributed by atoms with Gasteiger partial charge in [0.25, 0.3) is 0 Å². The van der Waals surface area contributed by atoms with Crippen LogP contribution in [0, 0.1) is 8.80 Å². The van der Waals surface area contributed by atoms with Crippen LogP contribution in [-0.4, -0.2) is 0 Å². The maximum absolute atomic E-state index is 6.07. The third-order valence-corrected chi connectivity index (χ3v) is 4.04. The van der Waals surface area contributed by atoms with Crippen LogP contribution in [0.3, 0.4) is 0 Å². The lowest BCUT2D eigenvalue weighted by molar-refractivity contribution is 0.457. The van der Waals surface area contributed by atoms with Crippen molar-refractivity contribution in [3.8, 4) is 0 Å². The Labute approximate surface area is 91.5 Å². The number of hydrogen-bond donors (Lipinski definition) is 1. The van der Waals surface area contributed by atoms with Crippen LogP contribution in [0.2, 0.25) is 0 Å². The van der Waals surface area contributed by atoms with E-state index in [2.05, 4.69) is 47.9 Å². The summed E-state index contributed by atoms with van der Waals surface area (Å²) in [5.74, 6) is 0.579. The standard InChI is InChI=1S/C9H14INS/c1-3-6(2)9(11)7-4-8(10)12-5-7/h4-6,9H,3,11H2,1-2H3. The number of hydrogen-bond acceptors (Lipinski definition) is 2. The molecule has 2 N–H and O–H groups in total. The number of rotatable bonds is 3. The van der Waals surface area contributed by atoms with Crippen LogP contribution in [0.1, 0.15) is 31.9 Å². The average molecular weight is 295 g/mol. The summed E-state index contributed by atoms with van der Waals surface area (Å²) in [6.07, 6.45) is 1.15. The van der Waals surface area contributed by atoms with Gasteiger partial charge in [0.05, 0.1) is 2.88 Å². The van der Waals surface area contributed by atoms with Crippen molar-refractivity contribution < 1.29 is 0 Å². The summed E-state index contributed by atoms with van der Waals surface area (Å²) in [7, 11) is 0. The van der Waals surface area contributed by atoms with Gasteiger partial charge in [0, 0.05) is 6.04 Å². The van der Waals surface area contributed by atoms with Crippen LogP contribution in [0.25, 0.3) is 0 Å². The molecule has 2 unspecified atom stereocenters. The Bertz CT molecular complexity index is 246. The van der Waals surface area contributed by atoms with Crippen molar-refractivity contribution in [3.63, 3.8) is 0 Å². The molecule has 1 heterocycles. The van der Waals surface area contributed by atoms with Crippen LogP contribution >= 0.6 is 33.9 Å². The Hall–Kier alpha value is 0.390. The van der Waals surface area contributed by atoms with Crippen molar-refractivity contribution in [2.45, 2.75) is 26.3 Å². The van der Waals surface area contributed by atoms with Crippen LogP contribution in [0.5, 0.6) is 0 Å². The first-order valence-corrected chi connectivity index (χ1v) is 6.10. The van der Waals surface area contributed by atoms with Gasteiger partial charge in [-0.25, -0.2) is 0 Å². The maximum atomic E-state index is 6.07. The highest BCUT2D eigenvalue weighted by Gasteiger charge is 2.13. The van der Waals surface area contributed by atoms with Crippen molar-refractivity contribution >= 4 is 33.9 Å². The molecule has 0 saturated carbocycles. The van der Waals surface area contributed by atoms with Crippen LogP contribution in [-0.2, 0) is 0 Å². The molecule has 3 heteroatoms. The molecule has 0 aliphatic carbocycles. The maximum Gasteiger partial charge on any atom is 0.0656 e. The molecule has 0 spiro atoms. The summed E-state index contributed by atoms with van der Waals surface area (Å²) >= 11 is 4.10. The molecular weight excluding hydrogens is 281 g/mol. The molecule has 0 bridgehead atoms. The van der Waals surface area contributed by atoms with E-state index in [4.69, 9.17) is 5.73 Å². The second kappa shape index (κ2) is 4.58. The molecule has 1 aromatic heterocycles. The van der Waals surface area contributed by atoms with Gasteiger partial charge in [-0.1, -0.05) is 20.3 Å². The summed E-state index contributed by atoms with van der Waals surface area (Å²) in [4.78, 5) is 0. The zero-order valence-corrected chi connectivity index (χ0v) is 10.4. The second-order valence-electron chi connectivity index (χ2n) is 3.10. The Morgan fingerprint density at radius 1 is 1.67 bits per heavy atom. The van der Waals surface area contributed by atoms with Gasteiger partial charge in [-0.15, -0.1) is 11.3 Å². The van der Waals surface area contributed by atoms with Gasteiger partial charge in [0.1, 0.15) is 0 Å². The van der Waals surface area contributed by atoms with Gasteiger partial charge >= 0.3 is 0 Å². The van der Waals surface area contributed by atoms with E-state index in [1.807, 2.05) is 0 Å². The summed E-state index contributed by atoms with van der Waals surface area (Å²) < 4.78 is 1.32. The molecule has 12 heavy (non-hydrogen) atoms. The lowest BCUT2D eigenvalue weighted by atomic mass is 9.95. The average Bonchev–Trinajstić information content (AvgIpc) is 2.49. The molecular formula is C9H14INS.